The van der Waals surface area contributed by atoms with E-state index in [2.05, 4.69) is 28.4 Å². The zero-order valence-corrected chi connectivity index (χ0v) is 9.09. The Bertz CT molecular complexity index is 373. The molecule has 0 aliphatic heterocycles. The molecule has 1 aliphatic carbocycles. The van der Waals surface area contributed by atoms with Gasteiger partial charge < -0.3 is 5.11 Å². The summed E-state index contributed by atoms with van der Waals surface area (Å²) in [5, 5.41) is 22.0. The summed E-state index contributed by atoms with van der Waals surface area (Å²) in [5.41, 5.74) is -1.01. The van der Waals surface area contributed by atoms with Crippen LogP contribution in [-0.2, 0) is 12.6 Å². The molecule has 1 heterocycles. The topological polar surface area (TPSA) is 63.8 Å². The summed E-state index contributed by atoms with van der Waals surface area (Å²) in [5.74, 6) is 0.970. The van der Waals surface area contributed by atoms with Gasteiger partial charge in [-0.15, -0.1) is 10.2 Å². The van der Waals surface area contributed by atoms with Crippen LogP contribution in [0.1, 0.15) is 32.0 Å². The highest BCUT2D eigenvalue weighted by atomic mass is 16.3. The average molecular weight is 208 g/mol. The van der Waals surface area contributed by atoms with E-state index in [0.29, 0.717) is 18.2 Å². The van der Waals surface area contributed by atoms with Crippen LogP contribution in [0.15, 0.2) is 12.2 Å². The van der Waals surface area contributed by atoms with Crippen LogP contribution in [-0.4, -0.2) is 25.3 Å². The van der Waals surface area contributed by atoms with E-state index >= 15 is 0 Å². The molecule has 0 saturated heterocycles. The van der Waals surface area contributed by atoms with E-state index in [4.69, 9.17) is 0 Å². The van der Waals surface area contributed by atoms with Gasteiger partial charge in [-0.3, -0.25) is 0 Å². The number of aromatic nitrogens is 4. The monoisotopic (exact) mass is 208 g/mol. The van der Waals surface area contributed by atoms with Crippen molar-refractivity contribution in [2.45, 2.75) is 31.8 Å². The van der Waals surface area contributed by atoms with Crippen molar-refractivity contribution < 1.29 is 5.11 Å². The number of rotatable bonds is 2. The molecule has 0 aromatic carbocycles. The first-order valence-corrected chi connectivity index (χ1v) is 5.30. The second-order valence-corrected chi connectivity index (χ2v) is 4.09. The first-order valence-electron chi connectivity index (χ1n) is 5.30. The van der Waals surface area contributed by atoms with E-state index in [9.17, 15) is 5.11 Å². The fourth-order valence-corrected chi connectivity index (χ4v) is 1.86. The number of aliphatic hydroxyl groups is 1. The first kappa shape index (κ1) is 10.3. The molecule has 0 radical (unpaired) electrons. The van der Waals surface area contributed by atoms with E-state index in [1.165, 1.54) is 4.80 Å². The van der Waals surface area contributed by atoms with Crippen molar-refractivity contribution in [1.82, 2.24) is 20.2 Å². The van der Waals surface area contributed by atoms with Crippen molar-refractivity contribution in [2.75, 3.05) is 0 Å². The van der Waals surface area contributed by atoms with Gasteiger partial charge in [0, 0.05) is 0 Å². The molecule has 1 N–H and O–H groups in total. The predicted molar refractivity (Wildman–Crippen MR) is 54.8 cm³/mol. The van der Waals surface area contributed by atoms with Gasteiger partial charge in [0.15, 0.2) is 0 Å². The molecule has 5 heteroatoms. The molecule has 2 rings (SSSR count). The van der Waals surface area contributed by atoms with Gasteiger partial charge in [-0.1, -0.05) is 13.0 Å². The molecule has 15 heavy (non-hydrogen) atoms. The first-order chi connectivity index (χ1) is 7.14. The van der Waals surface area contributed by atoms with Crippen molar-refractivity contribution in [1.29, 1.82) is 0 Å². The van der Waals surface area contributed by atoms with E-state index in [-0.39, 0.29) is 0 Å². The third-order valence-electron chi connectivity index (χ3n) is 2.96. The maximum Gasteiger partial charge on any atom is 0.210 e. The zero-order valence-electron chi connectivity index (χ0n) is 9.09. The van der Waals surface area contributed by atoms with Gasteiger partial charge in [-0.05, 0) is 36.5 Å². The third-order valence-corrected chi connectivity index (χ3v) is 2.96. The number of aryl methyl sites for hydroxylation is 1. The molecule has 1 aromatic heterocycles. The van der Waals surface area contributed by atoms with Gasteiger partial charge in [-0.2, -0.15) is 4.80 Å². The van der Waals surface area contributed by atoms with Crippen LogP contribution in [0.25, 0.3) is 0 Å². The van der Waals surface area contributed by atoms with E-state index in [1.807, 2.05) is 6.08 Å². The van der Waals surface area contributed by atoms with Gasteiger partial charge >= 0.3 is 0 Å². The van der Waals surface area contributed by atoms with E-state index < -0.39 is 5.60 Å². The minimum Gasteiger partial charge on any atom is -0.378 e. The Morgan fingerprint density at radius 2 is 2.47 bits per heavy atom. The van der Waals surface area contributed by atoms with Crippen LogP contribution < -0.4 is 0 Å². The lowest BCUT2D eigenvalue weighted by Crippen LogP contribution is -2.28. The second kappa shape index (κ2) is 3.73. The Kier molecular flexibility index (Phi) is 2.56. The number of nitrogens with zero attached hydrogens (tertiary/aromatic N) is 4. The SMILES string of the molecule is CCC1C=CC(O)(c2nnn(C)n2)CC1. The van der Waals surface area contributed by atoms with Crippen LogP contribution in [0, 0.1) is 5.92 Å². The number of hydrogen-bond donors (Lipinski definition) is 1. The van der Waals surface area contributed by atoms with Crippen LogP contribution in [0.4, 0.5) is 0 Å². The second-order valence-electron chi connectivity index (χ2n) is 4.09. The number of hydrogen-bond acceptors (Lipinski definition) is 4. The highest BCUT2D eigenvalue weighted by Gasteiger charge is 2.34. The van der Waals surface area contributed by atoms with E-state index in [1.54, 1.807) is 7.05 Å². The van der Waals surface area contributed by atoms with Gasteiger partial charge in [-0.25, -0.2) is 0 Å². The lowest BCUT2D eigenvalue weighted by molar-refractivity contribution is 0.0566. The maximum absolute atomic E-state index is 10.3. The summed E-state index contributed by atoms with van der Waals surface area (Å²) < 4.78 is 0. The smallest absolute Gasteiger partial charge is 0.210 e. The molecular weight excluding hydrogens is 192 g/mol. The number of tetrazole rings is 1. The molecule has 1 aliphatic rings. The molecule has 0 saturated carbocycles. The fraction of sp³-hybridized carbons (Fsp3) is 0.700. The Morgan fingerprint density at radius 1 is 1.67 bits per heavy atom. The van der Waals surface area contributed by atoms with Crippen molar-refractivity contribution in [3.05, 3.63) is 18.0 Å². The van der Waals surface area contributed by atoms with Crippen molar-refractivity contribution >= 4 is 0 Å². The summed E-state index contributed by atoms with van der Waals surface area (Å²) in [6.07, 6.45) is 6.62. The minimum atomic E-state index is -1.01. The standard InChI is InChI=1S/C10H16N4O/c1-3-8-4-6-10(15,7-5-8)9-11-13-14(2)12-9/h4,6,8,15H,3,5,7H2,1-2H3. The summed E-state index contributed by atoms with van der Waals surface area (Å²) >= 11 is 0. The lowest BCUT2D eigenvalue weighted by Gasteiger charge is -2.27. The Morgan fingerprint density at radius 3 is 2.93 bits per heavy atom. The molecular formula is C10H16N4O. The molecule has 82 valence electrons. The molecule has 0 bridgehead atoms. The largest absolute Gasteiger partial charge is 0.378 e. The molecule has 1 aromatic rings. The van der Waals surface area contributed by atoms with Crippen molar-refractivity contribution in [3.8, 4) is 0 Å². The van der Waals surface area contributed by atoms with Crippen molar-refractivity contribution in [3.63, 3.8) is 0 Å². The van der Waals surface area contributed by atoms with Crippen LogP contribution in [0.5, 0.6) is 0 Å². The predicted octanol–water partition coefficient (Wildman–Crippen LogP) is 0.774. The van der Waals surface area contributed by atoms with Gasteiger partial charge in [0.2, 0.25) is 5.82 Å². The summed E-state index contributed by atoms with van der Waals surface area (Å²) in [6, 6.07) is 0. The van der Waals surface area contributed by atoms with Crippen LogP contribution in [0.3, 0.4) is 0 Å². The quantitative estimate of drug-likeness (QED) is 0.729. The summed E-state index contributed by atoms with van der Waals surface area (Å²) in [7, 11) is 1.70. The lowest BCUT2D eigenvalue weighted by atomic mass is 9.84. The van der Waals surface area contributed by atoms with Crippen LogP contribution in [0.2, 0.25) is 0 Å². The van der Waals surface area contributed by atoms with Crippen LogP contribution >= 0.6 is 0 Å². The molecule has 5 nitrogen and oxygen atoms in total. The Hall–Kier alpha value is -1.23. The third kappa shape index (κ3) is 1.92. The molecule has 2 atom stereocenters. The Balaban J connectivity index is 2.22. The molecule has 0 fully saturated rings. The average Bonchev–Trinajstić information content (AvgIpc) is 2.67. The summed E-state index contributed by atoms with van der Waals surface area (Å²) in [6.45, 7) is 2.15. The normalized spacial score (nSPS) is 30.7. The zero-order chi connectivity index (χ0) is 10.9. The maximum atomic E-state index is 10.3. The summed E-state index contributed by atoms with van der Waals surface area (Å²) in [4.78, 5) is 1.37. The van der Waals surface area contributed by atoms with E-state index in [0.717, 1.165) is 12.8 Å². The molecule has 0 spiro atoms. The highest BCUT2D eigenvalue weighted by Crippen LogP contribution is 2.33. The molecule has 0 amide bonds. The minimum absolute atomic E-state index is 0.399. The van der Waals surface area contributed by atoms with Gasteiger partial charge in [0.05, 0.1) is 7.05 Å². The Labute approximate surface area is 88.8 Å². The van der Waals surface area contributed by atoms with Gasteiger partial charge in [0.25, 0.3) is 0 Å². The van der Waals surface area contributed by atoms with Crippen molar-refractivity contribution in [2.24, 2.45) is 13.0 Å². The fourth-order valence-electron chi connectivity index (χ4n) is 1.86. The van der Waals surface area contributed by atoms with Gasteiger partial charge in [0.1, 0.15) is 5.60 Å². The highest BCUT2D eigenvalue weighted by molar-refractivity contribution is 5.15. The molecule has 2 unspecified atom stereocenters. The number of allylic oxidation sites excluding steroid dienone is 1.